The monoisotopic (exact) mass is 574 g/mol. The van der Waals surface area contributed by atoms with Crippen LogP contribution in [0.2, 0.25) is 0 Å². The van der Waals surface area contributed by atoms with Gasteiger partial charge in [-0.25, -0.2) is 4.98 Å². The van der Waals surface area contributed by atoms with Gasteiger partial charge in [-0.2, -0.15) is 4.98 Å². The van der Waals surface area contributed by atoms with Crippen LogP contribution in [-0.4, -0.2) is 51.6 Å². The molecule has 0 saturated heterocycles. The van der Waals surface area contributed by atoms with Crippen molar-refractivity contribution in [3.8, 4) is 5.75 Å². The number of nitrogens with zero attached hydrogens (tertiary/aromatic N) is 3. The first kappa shape index (κ1) is 30.0. The first-order valence-corrected chi connectivity index (χ1v) is 13.4. The predicted molar refractivity (Wildman–Crippen MR) is 148 cm³/mol. The Labute approximate surface area is 235 Å². The summed E-state index contributed by atoms with van der Waals surface area (Å²) in [7, 11) is 0. The van der Waals surface area contributed by atoms with Crippen LogP contribution in [0.3, 0.4) is 0 Å². The number of benzene rings is 2. The molecule has 1 aliphatic rings. The van der Waals surface area contributed by atoms with Gasteiger partial charge in [-0.3, -0.25) is 10.1 Å². The molecule has 4 N–H and O–H groups in total. The molecule has 41 heavy (non-hydrogen) atoms. The minimum absolute atomic E-state index is 0.0290. The van der Waals surface area contributed by atoms with E-state index in [-0.39, 0.29) is 59.9 Å². The van der Waals surface area contributed by atoms with E-state index in [0.717, 1.165) is 43.9 Å². The number of halogens is 3. The summed E-state index contributed by atoms with van der Waals surface area (Å²) in [5, 5.41) is 30.9. The van der Waals surface area contributed by atoms with Crippen molar-refractivity contribution in [2.45, 2.75) is 57.1 Å². The van der Waals surface area contributed by atoms with Crippen LogP contribution in [0.1, 0.15) is 36.8 Å². The molecule has 0 spiro atoms. The second-order valence-corrected chi connectivity index (χ2v) is 10.0. The van der Waals surface area contributed by atoms with E-state index in [0.29, 0.717) is 6.54 Å². The zero-order valence-corrected chi connectivity index (χ0v) is 22.3. The van der Waals surface area contributed by atoms with Crippen molar-refractivity contribution in [1.82, 2.24) is 15.3 Å². The van der Waals surface area contributed by atoms with E-state index in [1.165, 1.54) is 18.2 Å². The van der Waals surface area contributed by atoms with Crippen LogP contribution in [0.25, 0.3) is 0 Å². The summed E-state index contributed by atoms with van der Waals surface area (Å²) >= 11 is 0. The molecule has 1 fully saturated rings. The van der Waals surface area contributed by atoms with Crippen molar-refractivity contribution in [3.05, 3.63) is 82.0 Å². The number of hydrogen-bond donors (Lipinski definition) is 4. The van der Waals surface area contributed by atoms with E-state index in [9.17, 15) is 28.4 Å². The van der Waals surface area contributed by atoms with Gasteiger partial charge in [0, 0.05) is 30.7 Å². The number of aromatic nitrogens is 2. The van der Waals surface area contributed by atoms with Gasteiger partial charge in [0.1, 0.15) is 11.9 Å². The molecular weight excluding hydrogens is 541 g/mol. The minimum Gasteiger partial charge on any atom is -0.405 e. The molecular formula is C28H33F3N6O4. The lowest BCUT2D eigenvalue weighted by atomic mass is 9.85. The van der Waals surface area contributed by atoms with Crippen LogP contribution in [0.5, 0.6) is 5.75 Å². The van der Waals surface area contributed by atoms with Crippen molar-refractivity contribution < 1.29 is 27.9 Å². The van der Waals surface area contributed by atoms with Crippen LogP contribution in [0, 0.1) is 16.0 Å². The third-order valence-electron chi connectivity index (χ3n) is 7.02. The molecule has 1 heterocycles. The summed E-state index contributed by atoms with van der Waals surface area (Å²) < 4.78 is 42.2. The fourth-order valence-electron chi connectivity index (χ4n) is 4.96. The SMILES string of the molecule is O=[N+]([O-])c1cnc(NCc2ccccc2OC(F)(F)F)nc1NCC1CCC(N[C@H](CO)Cc2ccccc2)CC1. The standard InChI is InChI=1S/C28H33F3N6O4/c29-28(30,31)41-25-9-5-4-8-21(25)16-33-27-34-17-24(37(39)40)26(36-27)32-15-20-10-12-22(13-11-20)35-23(18-38)14-19-6-2-1-3-7-19/h1-9,17,20,22-23,35,38H,10-16,18H2,(H2,32,33,34,36)/t20?,22?,23-/m0/s1. The highest BCUT2D eigenvalue weighted by Gasteiger charge is 2.32. The molecule has 1 saturated carbocycles. The van der Waals surface area contributed by atoms with Gasteiger partial charge in [0.15, 0.2) is 0 Å². The number of aliphatic hydroxyl groups is 1. The Morgan fingerprint density at radius 3 is 2.44 bits per heavy atom. The number of para-hydroxylation sites is 1. The van der Waals surface area contributed by atoms with E-state index >= 15 is 0 Å². The summed E-state index contributed by atoms with van der Waals surface area (Å²) in [6.07, 6.45) is 0.592. The average Bonchev–Trinajstić information content (AvgIpc) is 2.95. The lowest BCUT2D eigenvalue weighted by Gasteiger charge is -2.32. The van der Waals surface area contributed by atoms with E-state index in [1.807, 2.05) is 30.3 Å². The summed E-state index contributed by atoms with van der Waals surface area (Å²) in [4.78, 5) is 19.2. The molecule has 220 valence electrons. The van der Waals surface area contributed by atoms with Crippen molar-refractivity contribution in [3.63, 3.8) is 0 Å². The number of hydrogen-bond acceptors (Lipinski definition) is 9. The maximum Gasteiger partial charge on any atom is 0.573 e. The molecule has 0 amide bonds. The molecule has 0 radical (unpaired) electrons. The largest absolute Gasteiger partial charge is 0.573 e. The van der Waals surface area contributed by atoms with E-state index in [4.69, 9.17) is 0 Å². The zero-order chi connectivity index (χ0) is 29.2. The smallest absolute Gasteiger partial charge is 0.405 e. The predicted octanol–water partition coefficient (Wildman–Crippen LogP) is 5.06. The number of nitro groups is 1. The summed E-state index contributed by atoms with van der Waals surface area (Å²) in [6, 6.07) is 15.9. The summed E-state index contributed by atoms with van der Waals surface area (Å²) in [6.45, 7) is 0.435. The Kier molecular flexibility index (Phi) is 10.3. The molecule has 0 aliphatic heterocycles. The molecule has 3 aromatic rings. The lowest BCUT2D eigenvalue weighted by molar-refractivity contribution is -0.384. The third kappa shape index (κ3) is 9.29. The van der Waals surface area contributed by atoms with E-state index in [2.05, 4.69) is 30.7 Å². The Hall–Kier alpha value is -3.97. The fraction of sp³-hybridized carbons (Fsp3) is 0.429. The quantitative estimate of drug-likeness (QED) is 0.163. The average molecular weight is 575 g/mol. The Morgan fingerprint density at radius 2 is 1.76 bits per heavy atom. The Balaban J connectivity index is 1.30. The van der Waals surface area contributed by atoms with E-state index in [1.54, 1.807) is 6.07 Å². The number of nitrogens with one attached hydrogen (secondary N) is 3. The van der Waals surface area contributed by atoms with Crippen molar-refractivity contribution in [2.75, 3.05) is 23.8 Å². The van der Waals surface area contributed by atoms with Crippen LogP contribution < -0.4 is 20.7 Å². The second kappa shape index (κ2) is 14.1. The molecule has 0 unspecified atom stereocenters. The van der Waals surface area contributed by atoms with Gasteiger partial charge in [-0.1, -0.05) is 48.5 Å². The fourth-order valence-corrected chi connectivity index (χ4v) is 4.96. The highest BCUT2D eigenvalue weighted by Crippen LogP contribution is 2.29. The van der Waals surface area contributed by atoms with Gasteiger partial charge in [-0.05, 0) is 49.7 Å². The zero-order valence-electron chi connectivity index (χ0n) is 22.3. The number of aliphatic hydroxyl groups excluding tert-OH is 1. The van der Waals surface area contributed by atoms with Crippen LogP contribution in [0.4, 0.5) is 30.6 Å². The van der Waals surface area contributed by atoms with Crippen molar-refractivity contribution >= 4 is 17.5 Å². The number of ether oxygens (including phenoxy) is 1. The maximum atomic E-state index is 12.7. The number of rotatable bonds is 13. The van der Waals surface area contributed by atoms with Crippen molar-refractivity contribution in [1.29, 1.82) is 0 Å². The lowest BCUT2D eigenvalue weighted by Crippen LogP contribution is -2.44. The minimum atomic E-state index is -4.84. The summed E-state index contributed by atoms with van der Waals surface area (Å²) in [5.74, 6) is -0.0209. The molecule has 0 bridgehead atoms. The molecule has 10 nitrogen and oxygen atoms in total. The van der Waals surface area contributed by atoms with Gasteiger partial charge in [0.25, 0.3) is 0 Å². The number of anilines is 2. The molecule has 1 atom stereocenters. The molecule has 2 aromatic carbocycles. The Bertz CT molecular complexity index is 1270. The molecule has 4 rings (SSSR count). The second-order valence-electron chi connectivity index (χ2n) is 10.0. The van der Waals surface area contributed by atoms with Crippen LogP contribution in [0.15, 0.2) is 60.8 Å². The van der Waals surface area contributed by atoms with E-state index < -0.39 is 11.3 Å². The van der Waals surface area contributed by atoms with Gasteiger partial charge >= 0.3 is 12.0 Å². The third-order valence-corrected chi connectivity index (χ3v) is 7.02. The normalized spacial score (nSPS) is 18.0. The van der Waals surface area contributed by atoms with Gasteiger partial charge in [0.05, 0.1) is 11.5 Å². The molecule has 1 aliphatic carbocycles. The van der Waals surface area contributed by atoms with Gasteiger partial charge in [-0.15, -0.1) is 13.2 Å². The van der Waals surface area contributed by atoms with Crippen LogP contribution in [-0.2, 0) is 13.0 Å². The molecule has 1 aromatic heterocycles. The highest BCUT2D eigenvalue weighted by molar-refractivity contribution is 5.57. The number of alkyl halides is 3. The van der Waals surface area contributed by atoms with Gasteiger partial charge < -0.3 is 25.8 Å². The highest BCUT2D eigenvalue weighted by atomic mass is 19.4. The summed E-state index contributed by atoms with van der Waals surface area (Å²) in [5.41, 5.74) is 1.09. The first-order valence-electron chi connectivity index (χ1n) is 13.4. The van der Waals surface area contributed by atoms with Crippen LogP contribution >= 0.6 is 0 Å². The topological polar surface area (TPSA) is 134 Å². The van der Waals surface area contributed by atoms with Crippen molar-refractivity contribution in [2.24, 2.45) is 5.92 Å². The maximum absolute atomic E-state index is 12.7. The van der Waals surface area contributed by atoms with Gasteiger partial charge in [0.2, 0.25) is 11.8 Å². The molecule has 13 heteroatoms. The first-order chi connectivity index (χ1) is 19.7. The Morgan fingerprint density at radius 1 is 1.05 bits per heavy atom.